The molecule has 0 radical (unpaired) electrons. The van der Waals surface area contributed by atoms with Crippen LogP contribution in [0.3, 0.4) is 0 Å². The van der Waals surface area contributed by atoms with Crippen LogP contribution in [0.25, 0.3) is 10.8 Å². The number of hydrogen-bond acceptors (Lipinski definition) is 5. The van der Waals surface area contributed by atoms with Crippen molar-refractivity contribution in [3.8, 4) is 23.0 Å². The van der Waals surface area contributed by atoms with Gasteiger partial charge in [0.25, 0.3) is 0 Å². The van der Waals surface area contributed by atoms with Crippen LogP contribution in [0, 0.1) is 6.92 Å². The number of rotatable bonds is 9. The highest BCUT2D eigenvalue weighted by Crippen LogP contribution is 2.50. The summed E-state index contributed by atoms with van der Waals surface area (Å²) < 4.78 is 13.9. The van der Waals surface area contributed by atoms with Gasteiger partial charge in [-0.2, -0.15) is 0 Å². The van der Waals surface area contributed by atoms with Crippen molar-refractivity contribution in [1.29, 1.82) is 0 Å². The summed E-state index contributed by atoms with van der Waals surface area (Å²) in [7, 11) is 1.65. The lowest BCUT2D eigenvalue weighted by Gasteiger charge is -2.27. The van der Waals surface area contributed by atoms with Crippen LogP contribution >= 0.6 is 31.9 Å². The molecule has 5 rings (SSSR count). The highest BCUT2D eigenvalue weighted by Gasteiger charge is 2.30. The molecular formula is C36H33Br2NO5. The molecule has 4 N–H and O–H groups in total. The molecule has 1 atom stereocenters. The molecule has 0 heterocycles. The van der Waals surface area contributed by atoms with Crippen molar-refractivity contribution >= 4 is 54.3 Å². The van der Waals surface area contributed by atoms with Crippen LogP contribution < -0.4 is 15.2 Å². The fraction of sp³-hybridized carbons (Fsp3) is 0.194. The van der Waals surface area contributed by atoms with Crippen LogP contribution in [0.15, 0.2) is 87.8 Å². The number of phenols is 1. The molecule has 0 amide bonds. The number of anilines is 1. The van der Waals surface area contributed by atoms with Crippen LogP contribution in [0.4, 0.5) is 5.69 Å². The summed E-state index contributed by atoms with van der Waals surface area (Å²) in [5, 5.41) is 22.7. The van der Waals surface area contributed by atoms with E-state index in [1.807, 2.05) is 61.5 Å². The molecular weight excluding hydrogens is 686 g/mol. The minimum Gasteiger partial charge on any atom is -0.505 e. The molecule has 0 aliphatic carbocycles. The third kappa shape index (κ3) is 6.28. The number of halogens is 2. The molecule has 226 valence electrons. The van der Waals surface area contributed by atoms with Gasteiger partial charge >= 0.3 is 5.97 Å². The van der Waals surface area contributed by atoms with Gasteiger partial charge in [0.2, 0.25) is 0 Å². The summed E-state index contributed by atoms with van der Waals surface area (Å²) >= 11 is 7.21. The fourth-order valence-corrected chi connectivity index (χ4v) is 7.10. The van der Waals surface area contributed by atoms with E-state index in [0.29, 0.717) is 37.3 Å². The number of nitrogens with two attached hydrogens (primary N) is 1. The summed E-state index contributed by atoms with van der Waals surface area (Å²) in [5.41, 5.74) is 11.7. The van der Waals surface area contributed by atoms with Crippen LogP contribution in [0.2, 0.25) is 0 Å². The molecule has 0 saturated heterocycles. The number of nitrogen functional groups attached to an aromatic ring is 1. The molecule has 5 aromatic rings. The normalized spacial score (nSPS) is 12.0. The number of aromatic hydroxyl groups is 1. The number of carboxylic acids is 1. The quantitative estimate of drug-likeness (QED) is 0.0797. The molecule has 8 heteroatoms. The molecule has 0 aliphatic rings. The molecule has 0 spiro atoms. The maximum absolute atomic E-state index is 11.6. The molecule has 6 nitrogen and oxygen atoms in total. The van der Waals surface area contributed by atoms with Crippen LogP contribution in [-0.4, -0.2) is 23.3 Å². The lowest BCUT2D eigenvalue weighted by Crippen LogP contribution is -2.10. The van der Waals surface area contributed by atoms with Gasteiger partial charge in [-0.3, -0.25) is 4.79 Å². The molecule has 0 bridgehead atoms. The van der Waals surface area contributed by atoms with Crippen molar-refractivity contribution in [2.24, 2.45) is 0 Å². The van der Waals surface area contributed by atoms with Crippen molar-refractivity contribution in [3.05, 3.63) is 121 Å². The Labute approximate surface area is 273 Å². The van der Waals surface area contributed by atoms with Gasteiger partial charge in [0.15, 0.2) is 5.75 Å². The topological polar surface area (TPSA) is 102 Å². The standard InChI is InChI=1S/C36H33Br2NO5/c1-19(2)25-17-31(44-36-27(37)13-21(14-28(36)38)15-32(40)41)26(18-30(25)43-4)33(23-10-7-8-20(3)12-23)34-24-11-6-5-9-22(24)16-29(39)35(34)42/h5-14,16-19,33,42H,15,39H2,1-4H3,(H,40,41). The number of carboxylic acid groups (broad SMARTS) is 1. The zero-order chi connectivity index (χ0) is 31.7. The van der Waals surface area contributed by atoms with Gasteiger partial charge in [-0.15, -0.1) is 0 Å². The molecule has 44 heavy (non-hydrogen) atoms. The van der Waals surface area contributed by atoms with E-state index in [0.717, 1.165) is 33.0 Å². The summed E-state index contributed by atoms with van der Waals surface area (Å²) in [6.07, 6.45) is -0.125. The third-order valence-electron chi connectivity index (χ3n) is 7.68. The second kappa shape index (κ2) is 12.9. The number of fused-ring (bicyclic) bond motifs is 1. The van der Waals surface area contributed by atoms with Gasteiger partial charge in [0.05, 0.1) is 28.2 Å². The highest BCUT2D eigenvalue weighted by atomic mass is 79.9. The minimum absolute atomic E-state index is 0.00782. The largest absolute Gasteiger partial charge is 0.505 e. The Morgan fingerprint density at radius 2 is 1.59 bits per heavy atom. The first kappa shape index (κ1) is 31.4. The van der Waals surface area contributed by atoms with E-state index in [-0.39, 0.29) is 23.8 Å². The van der Waals surface area contributed by atoms with Gasteiger partial charge in [-0.25, -0.2) is 0 Å². The first-order chi connectivity index (χ1) is 21.0. The second-order valence-electron chi connectivity index (χ2n) is 11.1. The first-order valence-electron chi connectivity index (χ1n) is 14.1. The third-order valence-corrected chi connectivity index (χ3v) is 8.85. The predicted octanol–water partition coefficient (Wildman–Crippen LogP) is 9.69. The lowest BCUT2D eigenvalue weighted by molar-refractivity contribution is -0.136. The number of hydrogen-bond donors (Lipinski definition) is 3. The average molecular weight is 719 g/mol. The van der Waals surface area contributed by atoms with Crippen LogP contribution in [-0.2, 0) is 11.2 Å². The van der Waals surface area contributed by atoms with Gasteiger partial charge in [-0.05, 0) is 96.9 Å². The molecule has 0 fully saturated rings. The zero-order valence-corrected chi connectivity index (χ0v) is 28.0. The van der Waals surface area contributed by atoms with Crippen molar-refractivity contribution in [3.63, 3.8) is 0 Å². The van der Waals surface area contributed by atoms with Crippen molar-refractivity contribution in [2.75, 3.05) is 12.8 Å². The predicted molar refractivity (Wildman–Crippen MR) is 182 cm³/mol. The van der Waals surface area contributed by atoms with Crippen LogP contribution in [0.1, 0.15) is 59.1 Å². The van der Waals surface area contributed by atoms with Gasteiger partial charge in [-0.1, -0.05) is 67.9 Å². The first-order valence-corrected chi connectivity index (χ1v) is 15.7. The molecule has 0 aliphatic heterocycles. The van der Waals surface area contributed by atoms with E-state index in [1.54, 1.807) is 25.3 Å². The smallest absolute Gasteiger partial charge is 0.307 e. The maximum atomic E-state index is 11.6. The Kier molecular flexibility index (Phi) is 9.23. The SMILES string of the molecule is COc1cc(C(c2cccc(C)c2)c2c(O)c(N)cc3ccccc23)c(Oc2c(Br)cc(CC(=O)O)cc2Br)cc1C(C)C. The number of carbonyl (C=O) groups is 1. The fourth-order valence-electron chi connectivity index (χ4n) is 5.66. The number of aryl methyl sites for hydroxylation is 1. The average Bonchev–Trinajstić information content (AvgIpc) is 2.97. The molecule has 1 unspecified atom stereocenters. The van der Waals surface area contributed by atoms with E-state index in [2.05, 4.69) is 51.8 Å². The molecule has 0 saturated carbocycles. The summed E-state index contributed by atoms with van der Waals surface area (Å²) in [6.45, 7) is 6.21. The summed E-state index contributed by atoms with van der Waals surface area (Å²) in [6, 6.07) is 25.3. The molecule has 5 aromatic carbocycles. The van der Waals surface area contributed by atoms with Crippen LogP contribution in [0.5, 0.6) is 23.0 Å². The lowest BCUT2D eigenvalue weighted by atomic mass is 9.80. The number of phenolic OH excluding ortho intramolecular Hbond substituents is 1. The molecule has 0 aromatic heterocycles. The number of benzene rings is 5. The van der Waals surface area contributed by atoms with E-state index >= 15 is 0 Å². The van der Waals surface area contributed by atoms with Gasteiger partial charge in [0.1, 0.15) is 17.2 Å². The number of methoxy groups -OCH3 is 1. The minimum atomic E-state index is -0.924. The van der Waals surface area contributed by atoms with Crippen molar-refractivity contribution in [1.82, 2.24) is 0 Å². The maximum Gasteiger partial charge on any atom is 0.307 e. The van der Waals surface area contributed by atoms with Gasteiger partial charge < -0.3 is 25.4 Å². The Hall–Kier alpha value is -4.01. The Balaban J connectivity index is 1.84. The van der Waals surface area contributed by atoms with E-state index in [9.17, 15) is 15.0 Å². The van der Waals surface area contributed by atoms with E-state index < -0.39 is 11.9 Å². The summed E-state index contributed by atoms with van der Waals surface area (Å²) in [5.74, 6) is 0.439. The van der Waals surface area contributed by atoms with Crippen molar-refractivity contribution in [2.45, 2.75) is 39.0 Å². The zero-order valence-electron chi connectivity index (χ0n) is 24.8. The van der Waals surface area contributed by atoms with Crippen molar-refractivity contribution < 1.29 is 24.5 Å². The monoisotopic (exact) mass is 717 g/mol. The Morgan fingerprint density at radius 3 is 2.23 bits per heavy atom. The summed E-state index contributed by atoms with van der Waals surface area (Å²) in [4.78, 5) is 11.4. The number of ether oxygens (including phenoxy) is 2. The van der Waals surface area contributed by atoms with Gasteiger partial charge in [0, 0.05) is 22.6 Å². The van der Waals surface area contributed by atoms with E-state index in [4.69, 9.17) is 15.2 Å². The van der Waals surface area contributed by atoms with E-state index in [1.165, 1.54) is 0 Å². The number of aliphatic carboxylic acids is 1. The Morgan fingerprint density at radius 1 is 0.909 bits per heavy atom. The Bertz CT molecular complexity index is 1860. The highest BCUT2D eigenvalue weighted by molar-refractivity contribution is 9.11. The second-order valence-corrected chi connectivity index (χ2v) is 12.9.